The van der Waals surface area contributed by atoms with Crippen molar-refractivity contribution in [2.75, 3.05) is 17.3 Å². The van der Waals surface area contributed by atoms with Gasteiger partial charge < -0.3 is 10.2 Å². The summed E-state index contributed by atoms with van der Waals surface area (Å²) in [6.45, 7) is 1.89. The van der Waals surface area contributed by atoms with Crippen LogP contribution in [0.2, 0.25) is 0 Å². The van der Waals surface area contributed by atoms with E-state index in [4.69, 9.17) is 0 Å². The molecule has 1 unspecified atom stereocenters. The summed E-state index contributed by atoms with van der Waals surface area (Å²) in [7, 11) is 1.92. The lowest BCUT2D eigenvalue weighted by molar-refractivity contribution is -0.117. The van der Waals surface area contributed by atoms with Crippen LogP contribution in [0.5, 0.6) is 0 Å². The largest absolute Gasteiger partial charge is 0.363 e. The fraction of sp³-hybridized carbons (Fsp3) is 0.188. The molecule has 0 radical (unpaired) electrons. The zero-order valence-corrected chi connectivity index (χ0v) is 13.1. The summed E-state index contributed by atoms with van der Waals surface area (Å²) in [6.07, 6.45) is 0. The monoisotopic (exact) mass is 332 g/mol. The molecule has 0 spiro atoms. The van der Waals surface area contributed by atoms with Crippen LogP contribution in [0.3, 0.4) is 0 Å². The fourth-order valence-corrected chi connectivity index (χ4v) is 2.11. The Labute approximate surface area is 127 Å². The summed E-state index contributed by atoms with van der Waals surface area (Å²) >= 11 is 3.37. The molecule has 2 rings (SSSR count). The van der Waals surface area contributed by atoms with Crippen molar-refractivity contribution < 1.29 is 4.79 Å². The zero-order valence-electron chi connectivity index (χ0n) is 11.5. The molecule has 0 aliphatic carbocycles. The van der Waals surface area contributed by atoms with E-state index in [0.29, 0.717) is 0 Å². The molecule has 0 heterocycles. The number of carbonyl (C=O) groups excluding carboxylic acids is 1. The van der Waals surface area contributed by atoms with E-state index >= 15 is 0 Å². The first-order valence-electron chi connectivity index (χ1n) is 6.42. The van der Waals surface area contributed by atoms with Gasteiger partial charge in [0, 0.05) is 22.9 Å². The van der Waals surface area contributed by atoms with Crippen molar-refractivity contribution in [1.29, 1.82) is 0 Å². The lowest BCUT2D eigenvalue weighted by Crippen LogP contribution is -2.39. The van der Waals surface area contributed by atoms with Crippen molar-refractivity contribution in [1.82, 2.24) is 0 Å². The van der Waals surface area contributed by atoms with E-state index in [1.54, 1.807) is 0 Å². The van der Waals surface area contributed by atoms with Crippen LogP contribution in [0.1, 0.15) is 6.92 Å². The summed E-state index contributed by atoms with van der Waals surface area (Å²) in [5, 5.41) is 2.92. The number of rotatable bonds is 4. The molecule has 0 saturated carbocycles. The van der Waals surface area contributed by atoms with Crippen LogP contribution in [0, 0.1) is 0 Å². The van der Waals surface area contributed by atoms with Crippen molar-refractivity contribution in [3.05, 3.63) is 59.1 Å². The number of carbonyl (C=O) groups is 1. The van der Waals surface area contributed by atoms with E-state index in [2.05, 4.69) is 21.2 Å². The van der Waals surface area contributed by atoms with Crippen molar-refractivity contribution in [2.24, 2.45) is 0 Å². The van der Waals surface area contributed by atoms with E-state index in [1.165, 1.54) is 0 Å². The van der Waals surface area contributed by atoms with Gasteiger partial charge in [-0.1, -0.05) is 34.1 Å². The van der Waals surface area contributed by atoms with Crippen LogP contribution < -0.4 is 10.2 Å². The molecular formula is C16H17BrN2O. The van der Waals surface area contributed by atoms with Crippen LogP contribution >= 0.6 is 15.9 Å². The Morgan fingerprint density at radius 1 is 1.10 bits per heavy atom. The van der Waals surface area contributed by atoms with Crippen LogP contribution in [0.25, 0.3) is 0 Å². The van der Waals surface area contributed by atoms with Gasteiger partial charge in [0.1, 0.15) is 6.04 Å². The number of para-hydroxylation sites is 1. The third-order valence-corrected chi connectivity index (χ3v) is 3.76. The smallest absolute Gasteiger partial charge is 0.246 e. The Morgan fingerprint density at radius 2 is 1.70 bits per heavy atom. The maximum Gasteiger partial charge on any atom is 0.246 e. The van der Waals surface area contributed by atoms with Gasteiger partial charge in [-0.2, -0.15) is 0 Å². The lowest BCUT2D eigenvalue weighted by Gasteiger charge is -2.26. The molecule has 0 aliphatic rings. The summed E-state index contributed by atoms with van der Waals surface area (Å²) in [4.78, 5) is 14.2. The highest BCUT2D eigenvalue weighted by Gasteiger charge is 2.18. The van der Waals surface area contributed by atoms with Gasteiger partial charge in [-0.3, -0.25) is 4.79 Å². The van der Waals surface area contributed by atoms with E-state index in [9.17, 15) is 4.79 Å². The third-order valence-electron chi connectivity index (χ3n) is 3.24. The average Bonchev–Trinajstić information content (AvgIpc) is 2.49. The SMILES string of the molecule is CC(C(=O)Nc1ccc(Br)cc1)N(C)c1ccccc1. The van der Waals surface area contributed by atoms with Gasteiger partial charge in [0.05, 0.1) is 0 Å². The second-order valence-corrected chi connectivity index (χ2v) is 5.53. The predicted molar refractivity (Wildman–Crippen MR) is 87.1 cm³/mol. The molecule has 2 aromatic rings. The first-order chi connectivity index (χ1) is 9.58. The van der Waals surface area contributed by atoms with Crippen molar-refractivity contribution in [3.63, 3.8) is 0 Å². The first kappa shape index (κ1) is 14.6. The zero-order chi connectivity index (χ0) is 14.5. The van der Waals surface area contributed by atoms with E-state index < -0.39 is 0 Å². The molecular weight excluding hydrogens is 316 g/mol. The number of amides is 1. The minimum Gasteiger partial charge on any atom is -0.363 e. The molecule has 3 nitrogen and oxygen atoms in total. The molecule has 4 heteroatoms. The Kier molecular flexibility index (Phi) is 4.79. The number of hydrogen-bond acceptors (Lipinski definition) is 2. The number of nitrogens with one attached hydrogen (secondary N) is 1. The van der Waals surface area contributed by atoms with Crippen LogP contribution in [-0.4, -0.2) is 19.0 Å². The normalized spacial score (nSPS) is 11.8. The molecule has 20 heavy (non-hydrogen) atoms. The quantitative estimate of drug-likeness (QED) is 0.920. The number of hydrogen-bond donors (Lipinski definition) is 1. The van der Waals surface area contributed by atoms with Gasteiger partial charge in [0.25, 0.3) is 0 Å². The maximum atomic E-state index is 12.2. The lowest BCUT2D eigenvalue weighted by atomic mass is 10.2. The summed E-state index contributed by atoms with van der Waals surface area (Å²) in [5.74, 6) is -0.0290. The summed E-state index contributed by atoms with van der Waals surface area (Å²) in [6, 6.07) is 17.2. The van der Waals surface area contributed by atoms with Crippen LogP contribution in [-0.2, 0) is 4.79 Å². The number of anilines is 2. The summed E-state index contributed by atoms with van der Waals surface area (Å²) < 4.78 is 0.991. The van der Waals surface area contributed by atoms with Gasteiger partial charge in [0.2, 0.25) is 5.91 Å². The second-order valence-electron chi connectivity index (χ2n) is 4.62. The highest BCUT2D eigenvalue weighted by molar-refractivity contribution is 9.10. The Morgan fingerprint density at radius 3 is 2.30 bits per heavy atom. The Bertz CT molecular complexity index is 569. The topological polar surface area (TPSA) is 32.3 Å². The third kappa shape index (κ3) is 3.61. The standard InChI is InChI=1S/C16H17BrN2O/c1-12(19(2)15-6-4-3-5-7-15)16(20)18-14-10-8-13(17)9-11-14/h3-12H,1-2H3,(H,18,20). The number of benzene rings is 2. The molecule has 0 saturated heterocycles. The minimum atomic E-state index is -0.249. The molecule has 0 bridgehead atoms. The molecule has 2 aromatic carbocycles. The molecule has 104 valence electrons. The van der Waals surface area contributed by atoms with Gasteiger partial charge >= 0.3 is 0 Å². The van der Waals surface area contributed by atoms with Crippen molar-refractivity contribution in [3.8, 4) is 0 Å². The second kappa shape index (κ2) is 6.57. The van der Waals surface area contributed by atoms with Crippen molar-refractivity contribution >= 4 is 33.2 Å². The minimum absolute atomic E-state index is 0.0290. The highest BCUT2D eigenvalue weighted by atomic mass is 79.9. The van der Waals surface area contributed by atoms with Gasteiger partial charge in [0.15, 0.2) is 0 Å². The Hall–Kier alpha value is -1.81. The molecule has 1 atom stereocenters. The molecule has 1 N–H and O–H groups in total. The van der Waals surface area contributed by atoms with Gasteiger partial charge in [-0.25, -0.2) is 0 Å². The molecule has 0 aromatic heterocycles. The highest BCUT2D eigenvalue weighted by Crippen LogP contribution is 2.17. The Balaban J connectivity index is 2.03. The average molecular weight is 333 g/mol. The number of nitrogens with zero attached hydrogens (tertiary/aromatic N) is 1. The molecule has 0 aliphatic heterocycles. The maximum absolute atomic E-state index is 12.2. The summed E-state index contributed by atoms with van der Waals surface area (Å²) in [5.41, 5.74) is 1.82. The fourth-order valence-electron chi connectivity index (χ4n) is 1.84. The first-order valence-corrected chi connectivity index (χ1v) is 7.21. The van der Waals surface area contributed by atoms with Gasteiger partial charge in [-0.15, -0.1) is 0 Å². The predicted octanol–water partition coefficient (Wildman–Crippen LogP) is 3.91. The van der Waals surface area contributed by atoms with E-state index in [-0.39, 0.29) is 11.9 Å². The van der Waals surface area contributed by atoms with Crippen molar-refractivity contribution in [2.45, 2.75) is 13.0 Å². The van der Waals surface area contributed by atoms with E-state index in [1.807, 2.05) is 73.5 Å². The van der Waals surface area contributed by atoms with Crippen LogP contribution in [0.4, 0.5) is 11.4 Å². The molecule has 1 amide bonds. The van der Waals surface area contributed by atoms with Gasteiger partial charge in [-0.05, 0) is 43.3 Å². The van der Waals surface area contributed by atoms with E-state index in [0.717, 1.165) is 15.8 Å². The molecule has 0 fully saturated rings. The van der Waals surface area contributed by atoms with Crippen LogP contribution in [0.15, 0.2) is 59.1 Å². The number of halogens is 1. The number of likely N-dealkylation sites (N-methyl/N-ethyl adjacent to an activating group) is 1.